The first kappa shape index (κ1) is 16.8. The second-order valence-electron chi connectivity index (χ2n) is 3.77. The largest absolute Gasteiger partial charge is 0.573 e. The molecule has 112 valence electrons. The van der Waals surface area contributed by atoms with E-state index in [0.717, 1.165) is 6.92 Å². The maximum absolute atomic E-state index is 12.5. The third-order valence-corrected chi connectivity index (χ3v) is 3.33. The Bertz CT molecular complexity index is 509. The molecule has 0 aliphatic carbocycles. The second-order valence-corrected chi connectivity index (χ2v) is 4.69. The number of Topliss-reactive ketones (excluding diaryl/α,β-unsaturated/α-hetero) is 1. The summed E-state index contributed by atoms with van der Waals surface area (Å²) >= 11 is 2.75. The van der Waals surface area contributed by atoms with Crippen LogP contribution >= 0.6 is 15.9 Å². The van der Waals surface area contributed by atoms with Crippen LogP contribution in [0, 0.1) is 0 Å². The van der Waals surface area contributed by atoms with Gasteiger partial charge in [0.25, 0.3) is 0 Å². The van der Waals surface area contributed by atoms with Crippen molar-refractivity contribution in [2.24, 2.45) is 0 Å². The lowest BCUT2D eigenvalue weighted by Gasteiger charge is -2.17. The Morgan fingerprint density at radius 1 is 1.20 bits per heavy atom. The quantitative estimate of drug-likeness (QED) is 0.577. The molecular weight excluding hydrogens is 358 g/mol. The molecule has 1 unspecified atom stereocenters. The maximum Gasteiger partial charge on any atom is 0.573 e. The maximum atomic E-state index is 12.5. The van der Waals surface area contributed by atoms with Gasteiger partial charge >= 0.3 is 12.5 Å². The fourth-order valence-electron chi connectivity index (χ4n) is 1.36. The predicted molar refractivity (Wildman–Crippen MR) is 60.5 cm³/mol. The molecule has 0 N–H and O–H groups in total. The van der Waals surface area contributed by atoms with Crippen LogP contribution in [0.3, 0.4) is 0 Å². The van der Waals surface area contributed by atoms with E-state index in [4.69, 9.17) is 0 Å². The number of rotatable bonds is 3. The van der Waals surface area contributed by atoms with Gasteiger partial charge in [0.05, 0.1) is 5.56 Å². The number of halogens is 7. The van der Waals surface area contributed by atoms with Crippen molar-refractivity contribution in [3.63, 3.8) is 0 Å². The Balaban J connectivity index is 3.34. The number of alkyl halides is 7. The number of benzene rings is 1. The Morgan fingerprint density at radius 3 is 2.15 bits per heavy atom. The fraction of sp³-hybridized carbons (Fsp3) is 0.364. The van der Waals surface area contributed by atoms with Gasteiger partial charge in [0.15, 0.2) is 0 Å². The average Bonchev–Trinajstić information content (AvgIpc) is 2.24. The van der Waals surface area contributed by atoms with Crippen molar-refractivity contribution in [1.82, 2.24) is 0 Å². The number of carbonyl (C=O) groups is 1. The van der Waals surface area contributed by atoms with Crippen LogP contribution in [-0.4, -0.2) is 12.1 Å². The van der Waals surface area contributed by atoms with E-state index >= 15 is 0 Å². The molecule has 0 bridgehead atoms. The van der Waals surface area contributed by atoms with Crippen LogP contribution in [0.1, 0.15) is 22.9 Å². The lowest BCUT2D eigenvalue weighted by molar-refractivity contribution is -0.274. The SMILES string of the molecule is CC(=O)C(Br)c1cc(C(F)(F)F)ccc1OC(F)(F)F. The molecule has 0 aromatic heterocycles. The highest BCUT2D eigenvalue weighted by molar-refractivity contribution is 9.09. The summed E-state index contributed by atoms with van der Waals surface area (Å²) in [5, 5.41) is 0. The summed E-state index contributed by atoms with van der Waals surface area (Å²) < 4.78 is 77.8. The molecular formula is C11H7BrF6O2. The molecule has 9 heteroatoms. The monoisotopic (exact) mass is 364 g/mol. The summed E-state index contributed by atoms with van der Waals surface area (Å²) in [6.45, 7) is 1.02. The Hall–Kier alpha value is -1.25. The molecule has 0 heterocycles. The zero-order chi connectivity index (χ0) is 15.7. The number of ketones is 1. The first-order chi connectivity index (χ1) is 8.92. The molecule has 0 fully saturated rings. The molecule has 0 spiro atoms. The van der Waals surface area contributed by atoms with E-state index < -0.39 is 40.0 Å². The molecule has 20 heavy (non-hydrogen) atoms. The fourth-order valence-corrected chi connectivity index (χ4v) is 1.72. The van der Waals surface area contributed by atoms with Gasteiger partial charge in [0, 0.05) is 5.56 Å². The molecule has 2 nitrogen and oxygen atoms in total. The third-order valence-electron chi connectivity index (χ3n) is 2.19. The van der Waals surface area contributed by atoms with Crippen molar-refractivity contribution in [3.05, 3.63) is 29.3 Å². The molecule has 0 amide bonds. The zero-order valence-electron chi connectivity index (χ0n) is 9.77. The van der Waals surface area contributed by atoms with Gasteiger partial charge in [-0.25, -0.2) is 0 Å². The Kier molecular flexibility index (Phi) is 4.73. The van der Waals surface area contributed by atoms with Gasteiger partial charge in [-0.3, -0.25) is 4.79 Å². The minimum atomic E-state index is -5.07. The smallest absolute Gasteiger partial charge is 0.405 e. The highest BCUT2D eigenvalue weighted by Gasteiger charge is 2.36. The molecule has 0 aliphatic rings. The summed E-state index contributed by atoms with van der Waals surface area (Å²) in [6, 6.07) is 1.43. The van der Waals surface area contributed by atoms with Crippen LogP contribution < -0.4 is 4.74 Å². The van der Waals surface area contributed by atoms with Gasteiger partial charge in [-0.05, 0) is 25.1 Å². The Labute approximate surface area is 117 Å². The van der Waals surface area contributed by atoms with E-state index in [0.29, 0.717) is 18.2 Å². The minimum absolute atomic E-state index is 0.446. The van der Waals surface area contributed by atoms with E-state index in [9.17, 15) is 31.1 Å². The summed E-state index contributed by atoms with van der Waals surface area (Å²) in [6.07, 6.45) is -9.81. The van der Waals surface area contributed by atoms with Gasteiger partial charge in [0.2, 0.25) is 0 Å². The first-order valence-electron chi connectivity index (χ1n) is 5.03. The van der Waals surface area contributed by atoms with Crippen LogP contribution in [0.25, 0.3) is 0 Å². The highest BCUT2D eigenvalue weighted by Crippen LogP contribution is 2.39. The standard InChI is InChI=1S/C11H7BrF6O2/c1-5(19)9(12)7-4-6(10(13,14)15)2-3-8(7)20-11(16,17)18/h2-4,9H,1H3. The summed E-state index contributed by atoms with van der Waals surface area (Å²) in [5.41, 5.74) is -1.71. The van der Waals surface area contributed by atoms with Crippen LogP contribution in [0.15, 0.2) is 18.2 Å². The van der Waals surface area contributed by atoms with Crippen molar-refractivity contribution in [3.8, 4) is 5.75 Å². The molecule has 1 aromatic carbocycles. The summed E-state index contributed by atoms with van der Waals surface area (Å²) in [7, 11) is 0. The molecule has 1 rings (SSSR count). The van der Waals surface area contributed by atoms with Gasteiger partial charge in [0.1, 0.15) is 16.4 Å². The molecule has 0 saturated carbocycles. The summed E-state index contributed by atoms with van der Waals surface area (Å²) in [5.74, 6) is -1.51. The van der Waals surface area contributed by atoms with Crippen molar-refractivity contribution in [2.45, 2.75) is 24.3 Å². The van der Waals surface area contributed by atoms with Crippen LogP contribution in [-0.2, 0) is 11.0 Å². The third kappa shape index (κ3) is 4.39. The average molecular weight is 365 g/mol. The van der Waals surface area contributed by atoms with E-state index in [-0.39, 0.29) is 0 Å². The van der Waals surface area contributed by atoms with Crippen LogP contribution in [0.2, 0.25) is 0 Å². The summed E-state index contributed by atoms with van der Waals surface area (Å²) in [4.78, 5) is 9.83. The van der Waals surface area contributed by atoms with E-state index in [1.807, 2.05) is 0 Å². The molecule has 1 atom stereocenters. The molecule has 1 aromatic rings. The normalized spacial score (nSPS) is 14.0. The topological polar surface area (TPSA) is 26.3 Å². The predicted octanol–water partition coefficient (Wildman–Crippen LogP) is 4.63. The second kappa shape index (κ2) is 5.63. The zero-order valence-corrected chi connectivity index (χ0v) is 11.4. The first-order valence-corrected chi connectivity index (χ1v) is 5.95. The molecule has 0 aliphatic heterocycles. The number of ether oxygens (including phenoxy) is 1. The molecule has 0 saturated heterocycles. The number of carbonyl (C=O) groups excluding carboxylic acids is 1. The van der Waals surface area contributed by atoms with Gasteiger partial charge < -0.3 is 4.74 Å². The lowest BCUT2D eigenvalue weighted by atomic mass is 10.0. The van der Waals surface area contributed by atoms with Crippen molar-refractivity contribution >= 4 is 21.7 Å². The van der Waals surface area contributed by atoms with Crippen LogP contribution in [0.5, 0.6) is 5.75 Å². The van der Waals surface area contributed by atoms with E-state index in [2.05, 4.69) is 20.7 Å². The molecule has 0 radical (unpaired) electrons. The number of hydrogen-bond acceptors (Lipinski definition) is 2. The van der Waals surface area contributed by atoms with Gasteiger partial charge in [-0.15, -0.1) is 13.2 Å². The van der Waals surface area contributed by atoms with Crippen molar-refractivity contribution < 1.29 is 35.9 Å². The van der Waals surface area contributed by atoms with E-state index in [1.54, 1.807) is 0 Å². The Morgan fingerprint density at radius 2 is 1.75 bits per heavy atom. The lowest BCUT2D eigenvalue weighted by Crippen LogP contribution is -2.19. The number of hydrogen-bond donors (Lipinski definition) is 0. The van der Waals surface area contributed by atoms with Crippen molar-refractivity contribution in [2.75, 3.05) is 0 Å². The van der Waals surface area contributed by atoms with Gasteiger partial charge in [-0.2, -0.15) is 13.2 Å². The highest BCUT2D eigenvalue weighted by atomic mass is 79.9. The van der Waals surface area contributed by atoms with Gasteiger partial charge in [-0.1, -0.05) is 15.9 Å². The van der Waals surface area contributed by atoms with Crippen molar-refractivity contribution in [1.29, 1.82) is 0 Å². The van der Waals surface area contributed by atoms with Crippen LogP contribution in [0.4, 0.5) is 26.3 Å². The minimum Gasteiger partial charge on any atom is -0.405 e. The van der Waals surface area contributed by atoms with E-state index in [1.165, 1.54) is 0 Å².